The molecule has 126 valence electrons. The summed E-state index contributed by atoms with van der Waals surface area (Å²) in [6.45, 7) is 2.42. The van der Waals surface area contributed by atoms with Gasteiger partial charge in [0.2, 0.25) is 0 Å². The van der Waals surface area contributed by atoms with Crippen molar-refractivity contribution in [1.29, 1.82) is 0 Å². The summed E-state index contributed by atoms with van der Waals surface area (Å²) < 4.78 is 8.30. The molecule has 1 aromatic heterocycles. The second-order valence-corrected chi connectivity index (χ2v) is 5.60. The molecule has 23 heavy (non-hydrogen) atoms. The lowest BCUT2D eigenvalue weighted by Crippen LogP contribution is -2.38. The normalized spacial score (nSPS) is 10.8. The zero-order chi connectivity index (χ0) is 15.8. The molecule has 1 heterocycles. The Hall–Kier alpha value is -1.22. The van der Waals surface area contributed by atoms with Gasteiger partial charge in [0.15, 0.2) is 5.96 Å². The van der Waals surface area contributed by atoms with Gasteiger partial charge in [0, 0.05) is 39.1 Å². The molecule has 0 saturated heterocycles. The standard InChI is InChI=1S/C16H21BrN4O.HI/c1-18-16(19-7-10-21-8-3-4-9-21)20-12-13-5-6-15(22-2)14(17)11-13;/h3-6,8-9,11H,7,10,12H2,1-2H3,(H2,18,19,20);1H. The van der Waals surface area contributed by atoms with Crippen LogP contribution in [0.3, 0.4) is 0 Å². The first-order chi connectivity index (χ1) is 10.7. The fourth-order valence-electron chi connectivity index (χ4n) is 2.05. The minimum Gasteiger partial charge on any atom is -0.496 e. The summed E-state index contributed by atoms with van der Waals surface area (Å²) in [7, 11) is 3.43. The first kappa shape index (κ1) is 19.8. The Labute approximate surface area is 162 Å². The first-order valence-electron chi connectivity index (χ1n) is 7.10. The minimum absolute atomic E-state index is 0. The highest BCUT2D eigenvalue weighted by molar-refractivity contribution is 14.0. The number of aliphatic imine (C=N–C) groups is 1. The van der Waals surface area contributed by atoms with E-state index in [0.717, 1.165) is 34.8 Å². The molecular formula is C16H22BrIN4O. The molecule has 0 saturated carbocycles. The van der Waals surface area contributed by atoms with Crippen LogP contribution in [0.4, 0.5) is 0 Å². The van der Waals surface area contributed by atoms with E-state index in [-0.39, 0.29) is 24.0 Å². The third-order valence-electron chi connectivity index (χ3n) is 3.23. The summed E-state index contributed by atoms with van der Waals surface area (Å²) in [5.74, 6) is 1.62. The maximum Gasteiger partial charge on any atom is 0.191 e. The van der Waals surface area contributed by atoms with Gasteiger partial charge >= 0.3 is 0 Å². The quantitative estimate of drug-likeness (QED) is 0.370. The fourth-order valence-corrected chi connectivity index (χ4v) is 2.64. The average Bonchev–Trinajstić information content (AvgIpc) is 3.04. The molecule has 0 aliphatic carbocycles. The van der Waals surface area contributed by atoms with Crippen LogP contribution in [0.25, 0.3) is 0 Å². The van der Waals surface area contributed by atoms with Crippen LogP contribution in [0.5, 0.6) is 5.75 Å². The number of hydrogen-bond acceptors (Lipinski definition) is 2. The summed E-state index contributed by atoms with van der Waals surface area (Å²) in [6.07, 6.45) is 4.10. The molecule has 2 rings (SSSR count). The van der Waals surface area contributed by atoms with Gasteiger partial charge in [-0.15, -0.1) is 24.0 Å². The molecule has 0 bridgehead atoms. The van der Waals surface area contributed by atoms with Gasteiger partial charge in [-0.25, -0.2) is 0 Å². The minimum atomic E-state index is 0. The Bertz CT molecular complexity index is 617. The smallest absolute Gasteiger partial charge is 0.191 e. The lowest BCUT2D eigenvalue weighted by atomic mass is 10.2. The predicted octanol–water partition coefficient (Wildman–Crippen LogP) is 3.24. The molecule has 0 amide bonds. The van der Waals surface area contributed by atoms with E-state index in [9.17, 15) is 0 Å². The van der Waals surface area contributed by atoms with Crippen LogP contribution in [0, 0.1) is 0 Å². The van der Waals surface area contributed by atoms with Crippen LogP contribution in [0.1, 0.15) is 5.56 Å². The van der Waals surface area contributed by atoms with Crippen molar-refractivity contribution in [3.8, 4) is 5.75 Å². The summed E-state index contributed by atoms with van der Waals surface area (Å²) in [4.78, 5) is 4.23. The lowest BCUT2D eigenvalue weighted by Gasteiger charge is -2.13. The van der Waals surface area contributed by atoms with E-state index >= 15 is 0 Å². The van der Waals surface area contributed by atoms with Gasteiger partial charge in [-0.1, -0.05) is 6.07 Å². The van der Waals surface area contributed by atoms with E-state index in [1.54, 1.807) is 14.2 Å². The fraction of sp³-hybridized carbons (Fsp3) is 0.312. The Kier molecular flexibility index (Phi) is 9.08. The monoisotopic (exact) mass is 492 g/mol. The van der Waals surface area contributed by atoms with Gasteiger partial charge in [0.1, 0.15) is 5.75 Å². The SMILES string of the molecule is CN=C(NCCn1cccc1)NCc1ccc(OC)c(Br)c1.I. The molecule has 1 aromatic carbocycles. The topological polar surface area (TPSA) is 50.6 Å². The summed E-state index contributed by atoms with van der Waals surface area (Å²) in [5.41, 5.74) is 1.15. The predicted molar refractivity (Wildman–Crippen MR) is 109 cm³/mol. The summed E-state index contributed by atoms with van der Waals surface area (Å²) >= 11 is 3.49. The van der Waals surface area contributed by atoms with Gasteiger partial charge in [0.05, 0.1) is 11.6 Å². The molecule has 7 heteroatoms. The molecule has 5 nitrogen and oxygen atoms in total. The molecule has 0 spiro atoms. The maximum atomic E-state index is 5.23. The van der Waals surface area contributed by atoms with E-state index in [4.69, 9.17) is 4.74 Å². The third-order valence-corrected chi connectivity index (χ3v) is 3.85. The maximum absolute atomic E-state index is 5.23. The second kappa shape index (κ2) is 10.5. The highest BCUT2D eigenvalue weighted by Crippen LogP contribution is 2.25. The number of guanidine groups is 1. The van der Waals surface area contributed by atoms with Gasteiger partial charge < -0.3 is 19.9 Å². The van der Waals surface area contributed by atoms with E-state index in [2.05, 4.69) is 36.1 Å². The number of rotatable bonds is 6. The molecule has 0 fully saturated rings. The second-order valence-electron chi connectivity index (χ2n) is 4.74. The Morgan fingerprint density at radius 2 is 2.00 bits per heavy atom. The van der Waals surface area contributed by atoms with Gasteiger partial charge in [-0.2, -0.15) is 0 Å². The van der Waals surface area contributed by atoms with Crippen molar-refractivity contribution >= 4 is 45.9 Å². The molecule has 0 radical (unpaired) electrons. The Morgan fingerprint density at radius 3 is 2.61 bits per heavy atom. The molecular weight excluding hydrogens is 471 g/mol. The number of nitrogens with zero attached hydrogens (tertiary/aromatic N) is 2. The number of ether oxygens (including phenoxy) is 1. The number of benzene rings is 1. The number of halogens is 2. The van der Waals surface area contributed by atoms with Crippen molar-refractivity contribution in [2.75, 3.05) is 20.7 Å². The average molecular weight is 493 g/mol. The Morgan fingerprint density at radius 1 is 1.26 bits per heavy atom. The molecule has 2 aromatic rings. The van der Waals surface area contributed by atoms with Crippen LogP contribution < -0.4 is 15.4 Å². The number of methoxy groups -OCH3 is 1. The van der Waals surface area contributed by atoms with Gasteiger partial charge in [-0.3, -0.25) is 4.99 Å². The summed E-state index contributed by atoms with van der Waals surface area (Å²) in [5, 5.41) is 6.60. The first-order valence-corrected chi connectivity index (χ1v) is 7.90. The Balaban J connectivity index is 0.00000264. The van der Waals surface area contributed by atoms with E-state index in [0.29, 0.717) is 6.54 Å². The van der Waals surface area contributed by atoms with Crippen molar-refractivity contribution < 1.29 is 4.74 Å². The highest BCUT2D eigenvalue weighted by Gasteiger charge is 2.02. The lowest BCUT2D eigenvalue weighted by molar-refractivity contribution is 0.412. The van der Waals surface area contributed by atoms with E-state index < -0.39 is 0 Å². The van der Waals surface area contributed by atoms with Crippen LogP contribution in [0.2, 0.25) is 0 Å². The molecule has 0 aliphatic rings. The van der Waals surface area contributed by atoms with E-state index in [1.165, 1.54) is 0 Å². The van der Waals surface area contributed by atoms with Crippen molar-refractivity contribution in [3.63, 3.8) is 0 Å². The zero-order valence-electron chi connectivity index (χ0n) is 13.3. The zero-order valence-corrected chi connectivity index (χ0v) is 17.2. The van der Waals surface area contributed by atoms with Crippen LogP contribution in [-0.4, -0.2) is 31.2 Å². The van der Waals surface area contributed by atoms with Crippen LogP contribution in [-0.2, 0) is 13.1 Å². The van der Waals surface area contributed by atoms with Crippen molar-refractivity contribution in [2.24, 2.45) is 4.99 Å². The summed E-state index contributed by atoms with van der Waals surface area (Å²) in [6, 6.07) is 10.1. The van der Waals surface area contributed by atoms with Crippen molar-refractivity contribution in [3.05, 3.63) is 52.8 Å². The van der Waals surface area contributed by atoms with Crippen LogP contribution in [0.15, 0.2) is 52.2 Å². The third kappa shape index (κ3) is 6.42. The van der Waals surface area contributed by atoms with Gasteiger partial charge in [-0.05, 0) is 45.8 Å². The number of aromatic nitrogens is 1. The van der Waals surface area contributed by atoms with E-state index in [1.807, 2.05) is 42.7 Å². The molecule has 0 aliphatic heterocycles. The number of hydrogen-bond donors (Lipinski definition) is 2. The van der Waals surface area contributed by atoms with Crippen LogP contribution >= 0.6 is 39.9 Å². The largest absolute Gasteiger partial charge is 0.496 e. The molecule has 0 unspecified atom stereocenters. The van der Waals surface area contributed by atoms with Gasteiger partial charge in [0.25, 0.3) is 0 Å². The molecule has 2 N–H and O–H groups in total. The number of nitrogens with one attached hydrogen (secondary N) is 2. The van der Waals surface area contributed by atoms with Crippen molar-refractivity contribution in [1.82, 2.24) is 15.2 Å². The van der Waals surface area contributed by atoms with Crippen molar-refractivity contribution in [2.45, 2.75) is 13.1 Å². The molecule has 0 atom stereocenters. The highest BCUT2D eigenvalue weighted by atomic mass is 127.